The van der Waals surface area contributed by atoms with Crippen LogP contribution in [0.1, 0.15) is 124 Å². The minimum absolute atomic E-state index is 0.0555. The molecule has 0 spiro atoms. The Balaban J connectivity index is 0.000000117. The van der Waals surface area contributed by atoms with Crippen LogP contribution < -0.4 is 62.6 Å². The lowest BCUT2D eigenvalue weighted by atomic mass is 9.98. The third kappa shape index (κ3) is 18.7. The number of thiazole rings is 4. The minimum atomic E-state index is -4.33. The van der Waals surface area contributed by atoms with Crippen LogP contribution in [-0.2, 0) is 19.3 Å². The third-order valence-corrected chi connectivity index (χ3v) is 26.4. The molecular formula is C80H85BrClF3N24O4S4. The van der Waals surface area contributed by atoms with Gasteiger partial charge in [0.2, 0.25) is 0 Å². The molecule has 37 heteroatoms. The van der Waals surface area contributed by atoms with Gasteiger partial charge in [0.05, 0.1) is 6.42 Å². The highest BCUT2D eigenvalue weighted by molar-refractivity contribution is 9.10. The van der Waals surface area contributed by atoms with Gasteiger partial charge in [0.25, 0.3) is 23.6 Å². The summed E-state index contributed by atoms with van der Waals surface area (Å²) >= 11 is 14.7. The molecule has 28 nitrogen and oxygen atoms in total. The molecule has 7 aliphatic heterocycles. The highest BCUT2D eigenvalue weighted by Crippen LogP contribution is 2.45. The number of hydrogen-bond donors (Lipinski definition) is 8. The average Bonchev–Trinajstić information content (AvgIpc) is 1.63. The number of para-hydroxylation sites is 1. The number of aromatic nitrogens is 12. The monoisotopic (exact) mass is 1740 g/mol. The number of carbonyl (C=O) groups is 4. The van der Waals surface area contributed by atoms with Gasteiger partial charge in [-0.3, -0.25) is 19.2 Å². The second-order valence-corrected chi connectivity index (χ2v) is 34.9. The SMILES string of the molecule is Cc1ccc2c(c1)CCN2c1ncnc2sc(C(=O)NCC3CCNCC3)nc12.NCCC1CN(c2ncnc3sc(C(=O)NCCC(F)(F)F)nc23)c2ccccc21.O=C(NCC1CCNCC1)c1nc2c(N3CCc4cc(Br)ccc43)ncnc2s1.O=C(NCC1CCNCC1)c1nc2c(N3CCc4cc(Cl)ccc43)ncnc2s1. The number of nitrogens with zero attached hydrogens (tertiary/aromatic N) is 16. The van der Waals surface area contributed by atoms with Crippen LogP contribution in [0.3, 0.4) is 0 Å². The number of aryl methyl sites for hydroxylation is 1. The van der Waals surface area contributed by atoms with Crippen molar-refractivity contribution in [1.29, 1.82) is 0 Å². The van der Waals surface area contributed by atoms with E-state index in [1.54, 1.807) is 19.0 Å². The van der Waals surface area contributed by atoms with Crippen LogP contribution in [0.5, 0.6) is 0 Å². The number of nitrogens with two attached hydrogens (primary N) is 1. The van der Waals surface area contributed by atoms with Gasteiger partial charge in [-0.25, -0.2) is 59.8 Å². The van der Waals surface area contributed by atoms with Crippen LogP contribution in [0.15, 0.2) is 109 Å². The molecule has 9 N–H and O–H groups in total. The second kappa shape index (κ2) is 36.6. The first-order valence-electron chi connectivity index (χ1n) is 39.3. The predicted molar refractivity (Wildman–Crippen MR) is 456 cm³/mol. The van der Waals surface area contributed by atoms with Crippen LogP contribution in [-0.4, -0.2) is 188 Å². The van der Waals surface area contributed by atoms with E-state index < -0.39 is 25.0 Å². The van der Waals surface area contributed by atoms with Gasteiger partial charge in [-0.2, -0.15) is 13.2 Å². The molecule has 0 saturated carbocycles. The van der Waals surface area contributed by atoms with Gasteiger partial charge in [-0.05, 0) is 205 Å². The van der Waals surface area contributed by atoms with Crippen molar-refractivity contribution in [2.45, 2.75) is 89.6 Å². The van der Waals surface area contributed by atoms with Crippen molar-refractivity contribution in [3.8, 4) is 0 Å². The van der Waals surface area contributed by atoms with Crippen molar-refractivity contribution < 1.29 is 32.3 Å². The van der Waals surface area contributed by atoms with Gasteiger partial charge < -0.3 is 62.6 Å². The quantitative estimate of drug-likeness (QED) is 0.0395. The van der Waals surface area contributed by atoms with Gasteiger partial charge >= 0.3 is 6.18 Å². The molecule has 0 radical (unpaired) electrons. The number of benzene rings is 4. The number of carbonyl (C=O) groups excluding carboxylic acids is 4. The van der Waals surface area contributed by atoms with Gasteiger partial charge in [0.1, 0.15) is 66.7 Å². The highest BCUT2D eigenvalue weighted by atomic mass is 79.9. The molecule has 7 aliphatic rings. The number of alkyl halides is 3. The maximum absolute atomic E-state index is 12.7. The highest BCUT2D eigenvalue weighted by Gasteiger charge is 2.35. The fraction of sp³-hybridized carbons (Fsp3) is 0.400. The fourth-order valence-electron chi connectivity index (χ4n) is 15.8. The normalized spacial score (nSPS) is 16.7. The van der Waals surface area contributed by atoms with E-state index >= 15 is 0 Å². The number of anilines is 8. The van der Waals surface area contributed by atoms with Crippen LogP contribution >= 0.6 is 72.9 Å². The molecule has 0 bridgehead atoms. The van der Waals surface area contributed by atoms with Gasteiger partial charge in [-0.1, -0.05) is 109 Å². The molecule has 4 aromatic carbocycles. The molecule has 15 heterocycles. The molecule has 3 fully saturated rings. The summed E-state index contributed by atoms with van der Waals surface area (Å²) in [5.74, 6) is 3.68. The van der Waals surface area contributed by atoms with E-state index in [1.807, 2.05) is 47.4 Å². The molecule has 4 amide bonds. The van der Waals surface area contributed by atoms with Crippen LogP contribution in [0.4, 0.5) is 59.2 Å². The number of amides is 4. The molecule has 608 valence electrons. The Labute approximate surface area is 700 Å². The van der Waals surface area contributed by atoms with Crippen molar-refractivity contribution in [2.75, 3.05) is 118 Å². The van der Waals surface area contributed by atoms with Crippen molar-refractivity contribution in [2.24, 2.45) is 23.5 Å². The summed E-state index contributed by atoms with van der Waals surface area (Å²) in [5, 5.41) is 23.6. The Bertz CT molecular complexity index is 5220. The molecular weight excluding hydrogens is 1660 g/mol. The van der Waals surface area contributed by atoms with Crippen molar-refractivity contribution >= 4 is 184 Å². The van der Waals surface area contributed by atoms with Gasteiger partial charge in [0, 0.05) is 90.5 Å². The van der Waals surface area contributed by atoms with Crippen molar-refractivity contribution in [1.82, 2.24) is 97.0 Å². The first-order valence-corrected chi connectivity index (χ1v) is 43.7. The summed E-state index contributed by atoms with van der Waals surface area (Å²) in [7, 11) is 0. The Morgan fingerprint density at radius 3 is 1.31 bits per heavy atom. The lowest BCUT2D eigenvalue weighted by Crippen LogP contribution is -2.35. The van der Waals surface area contributed by atoms with Gasteiger partial charge in [-0.15, -0.1) is 0 Å². The lowest BCUT2D eigenvalue weighted by Gasteiger charge is -2.22. The van der Waals surface area contributed by atoms with Gasteiger partial charge in [0.15, 0.2) is 43.3 Å². The minimum Gasteiger partial charge on any atom is -0.350 e. The number of hydrogen-bond acceptors (Lipinski definition) is 28. The summed E-state index contributed by atoms with van der Waals surface area (Å²) in [5.41, 5.74) is 18.9. The number of fused-ring (bicyclic) bond motifs is 8. The Kier molecular flexibility index (Phi) is 25.4. The number of piperidine rings is 3. The number of halogens is 5. The molecule has 12 aromatic rings. The van der Waals surface area contributed by atoms with E-state index in [9.17, 15) is 32.3 Å². The zero-order valence-electron chi connectivity index (χ0n) is 63.9. The van der Waals surface area contributed by atoms with Crippen LogP contribution in [0, 0.1) is 24.7 Å². The third-order valence-electron chi connectivity index (χ3n) is 21.8. The number of nitrogens with one attached hydrogen (secondary N) is 7. The molecule has 8 aromatic heterocycles. The van der Waals surface area contributed by atoms with E-state index in [1.165, 1.54) is 73.8 Å². The Hall–Kier alpha value is -9.76. The maximum Gasteiger partial charge on any atom is 0.390 e. The summed E-state index contributed by atoms with van der Waals surface area (Å²) in [6.07, 6.45) is 10.9. The summed E-state index contributed by atoms with van der Waals surface area (Å²) in [4.78, 5) is 115. The van der Waals surface area contributed by atoms with Crippen LogP contribution in [0.2, 0.25) is 5.02 Å². The maximum atomic E-state index is 12.7. The molecule has 1 atom stereocenters. The zero-order valence-corrected chi connectivity index (χ0v) is 69.5. The van der Waals surface area contributed by atoms with Crippen molar-refractivity contribution in [3.63, 3.8) is 0 Å². The first-order chi connectivity index (χ1) is 56.9. The molecule has 117 heavy (non-hydrogen) atoms. The lowest BCUT2D eigenvalue weighted by molar-refractivity contribution is -0.133. The molecule has 19 rings (SSSR count). The van der Waals surface area contributed by atoms with E-state index in [2.05, 4.69) is 171 Å². The van der Waals surface area contributed by atoms with E-state index in [0.29, 0.717) is 98.2 Å². The smallest absolute Gasteiger partial charge is 0.350 e. The van der Waals surface area contributed by atoms with Crippen LogP contribution in [0.25, 0.3) is 41.4 Å². The molecule has 1 unspecified atom stereocenters. The largest absolute Gasteiger partial charge is 0.390 e. The predicted octanol–water partition coefficient (Wildman–Crippen LogP) is 12.6. The standard InChI is InChI=1S/C21H24N6OS.C20H21BrN6OS.C20H21ClN6OS.C19H19F3N6OS/c1-13-2-3-16-15(10-13)6-9-27(16)18-17-20(25-12-24-18)29-21(26-17)19(28)23-11-14-4-7-22-8-5-14;2*21-14-1-2-15-13(9-14)5-8-27(15)17-16-19(25-11-24-17)29-20(26-16)18(28)23-10-12-3-6-22-7-4-12;20-19(21,22)6-8-24-16(29)18-27-14-15(25-10-26-17(14)30-18)28-9-11(5-7-23)12-3-1-2-4-13(12)28/h2-3,10,12,14,22H,4-9,11H2,1H3,(H,23,28);2*1-2,9,11-12,22H,3-8,10H2,(H,23,28);1-4,10-11H,5-9,23H2,(H,24,29). The zero-order chi connectivity index (χ0) is 80.7. The molecule has 0 aliphatic carbocycles. The summed E-state index contributed by atoms with van der Waals surface area (Å²) < 4.78 is 38.0. The summed E-state index contributed by atoms with van der Waals surface area (Å²) in [6, 6.07) is 26.7. The van der Waals surface area contributed by atoms with E-state index in [-0.39, 0.29) is 28.6 Å². The number of rotatable bonds is 18. The first kappa shape index (κ1) is 81.0. The second-order valence-electron chi connectivity index (χ2n) is 29.6. The van der Waals surface area contributed by atoms with Crippen molar-refractivity contribution in [3.05, 3.63) is 162 Å². The van der Waals surface area contributed by atoms with E-state index in [4.69, 9.17) is 17.3 Å². The molecule has 3 saturated heterocycles. The summed E-state index contributed by atoms with van der Waals surface area (Å²) in [6.45, 7) is 13.6. The van der Waals surface area contributed by atoms with E-state index in [0.717, 1.165) is 193 Å². The topological polar surface area (TPSA) is 346 Å². The fourth-order valence-corrected chi connectivity index (χ4v) is 19.7. The average molecular weight is 1750 g/mol. The Morgan fingerprint density at radius 2 is 0.880 bits per heavy atom. The Morgan fingerprint density at radius 1 is 0.496 bits per heavy atom.